The molecule has 2 rings (SSSR count). The van der Waals surface area contributed by atoms with E-state index in [0.29, 0.717) is 43.3 Å². The molecule has 1 aromatic heterocycles. The van der Waals surface area contributed by atoms with Gasteiger partial charge in [0.25, 0.3) is 5.91 Å². The molecule has 0 aliphatic carbocycles. The number of ether oxygens (including phenoxy) is 2. The highest BCUT2D eigenvalue weighted by atomic mass is 16.6. The van der Waals surface area contributed by atoms with Gasteiger partial charge < -0.3 is 24.6 Å². The van der Waals surface area contributed by atoms with Crippen molar-refractivity contribution in [3.63, 3.8) is 0 Å². The number of hydrogen-bond acceptors (Lipinski definition) is 8. The number of methoxy groups -OCH3 is 1. The van der Waals surface area contributed by atoms with Crippen LogP contribution in [-0.2, 0) is 19.7 Å². The first-order valence-corrected chi connectivity index (χ1v) is 13.9. The number of piperidine rings is 1. The van der Waals surface area contributed by atoms with Crippen molar-refractivity contribution in [2.45, 2.75) is 92.2 Å². The van der Waals surface area contributed by atoms with E-state index in [4.69, 9.17) is 14.5 Å². The summed E-state index contributed by atoms with van der Waals surface area (Å²) in [4.78, 5) is 52.4. The summed E-state index contributed by atoms with van der Waals surface area (Å²) in [6.45, 7) is 19.3. The van der Waals surface area contributed by atoms with Crippen molar-refractivity contribution in [2.24, 2.45) is 11.8 Å². The third-order valence-corrected chi connectivity index (χ3v) is 6.43. The maximum Gasteiger partial charge on any atom is 0.410 e. The lowest BCUT2D eigenvalue weighted by atomic mass is 9.89. The zero-order valence-electron chi connectivity index (χ0n) is 25.6. The molecule has 0 radical (unpaired) electrons. The maximum atomic E-state index is 14.2. The summed E-state index contributed by atoms with van der Waals surface area (Å²) in [5, 5.41) is 3.32. The van der Waals surface area contributed by atoms with Crippen LogP contribution >= 0.6 is 0 Å². The number of anilines is 1. The van der Waals surface area contributed by atoms with Gasteiger partial charge in [-0.15, -0.1) is 0 Å². The first-order valence-electron chi connectivity index (χ1n) is 13.9. The van der Waals surface area contributed by atoms with Gasteiger partial charge in [-0.2, -0.15) is 0 Å². The van der Waals surface area contributed by atoms with Crippen molar-refractivity contribution < 1.29 is 23.9 Å². The van der Waals surface area contributed by atoms with E-state index in [1.165, 1.54) is 6.92 Å². The molecule has 2 atom stereocenters. The fraction of sp³-hybridized carbons (Fsp3) is 0.759. The Morgan fingerprint density at radius 2 is 1.82 bits per heavy atom. The Labute approximate surface area is 234 Å². The molecule has 2 heterocycles. The minimum absolute atomic E-state index is 0.0106. The normalized spacial score (nSPS) is 18.2. The standard InChI is InChI=1S/C29H49N5O5/c1-19(2)16-34(22-14-21(20(3)35)17-33(18-22)27(37)39-29(7,8)9)25(36)23-15-31-26(28(4,5)6)32-24(23)30-12-11-13-38-10/h15,19,21-22H,11-14,16-18H2,1-10H3,(H,30,31,32)/t21-,22+/m1/s1. The predicted octanol–water partition coefficient (Wildman–Crippen LogP) is 4.54. The maximum absolute atomic E-state index is 14.2. The lowest BCUT2D eigenvalue weighted by Gasteiger charge is -2.43. The Hall–Kier alpha value is -2.75. The average molecular weight is 548 g/mol. The third kappa shape index (κ3) is 9.74. The van der Waals surface area contributed by atoms with E-state index < -0.39 is 11.7 Å². The summed E-state index contributed by atoms with van der Waals surface area (Å²) >= 11 is 0. The van der Waals surface area contributed by atoms with E-state index in [-0.39, 0.29) is 48.1 Å². The summed E-state index contributed by atoms with van der Waals surface area (Å²) in [6.07, 6.45) is 2.35. The van der Waals surface area contributed by atoms with Crippen molar-refractivity contribution >= 4 is 23.6 Å². The fourth-order valence-corrected chi connectivity index (χ4v) is 4.47. The largest absolute Gasteiger partial charge is 0.444 e. The summed E-state index contributed by atoms with van der Waals surface area (Å²) in [6, 6.07) is -0.362. The number of amides is 2. The molecule has 2 amide bonds. The molecular weight excluding hydrogens is 498 g/mol. The van der Waals surface area contributed by atoms with Gasteiger partial charge in [0.1, 0.15) is 28.6 Å². The lowest BCUT2D eigenvalue weighted by Crippen LogP contribution is -2.56. The summed E-state index contributed by atoms with van der Waals surface area (Å²) in [5.41, 5.74) is -0.595. The summed E-state index contributed by atoms with van der Waals surface area (Å²) in [5.74, 6) is 0.654. The van der Waals surface area contributed by atoms with Crippen LogP contribution in [0.25, 0.3) is 0 Å². The van der Waals surface area contributed by atoms with Crippen molar-refractivity contribution in [1.82, 2.24) is 19.8 Å². The number of likely N-dealkylation sites (tertiary alicyclic amines) is 1. The highest BCUT2D eigenvalue weighted by Gasteiger charge is 2.39. The first kappa shape index (κ1) is 32.5. The SMILES string of the molecule is COCCCNc1nc(C(C)(C)C)ncc1C(=O)N(CC(C)C)[C@H]1C[C@@H](C(C)=O)CN(C(=O)OC(C)(C)C)C1. The van der Waals surface area contributed by atoms with Crippen LogP contribution in [0, 0.1) is 11.8 Å². The van der Waals surface area contributed by atoms with E-state index >= 15 is 0 Å². The van der Waals surface area contributed by atoms with Crippen LogP contribution in [0.1, 0.15) is 91.3 Å². The average Bonchev–Trinajstić information content (AvgIpc) is 2.82. The van der Waals surface area contributed by atoms with Crippen molar-refractivity contribution in [2.75, 3.05) is 45.2 Å². The number of carbonyl (C=O) groups excluding carboxylic acids is 3. The van der Waals surface area contributed by atoms with Gasteiger partial charge in [0, 0.05) is 57.4 Å². The number of aromatic nitrogens is 2. The van der Waals surface area contributed by atoms with Crippen LogP contribution in [0.4, 0.5) is 10.6 Å². The molecule has 1 aromatic rings. The van der Waals surface area contributed by atoms with E-state index in [0.717, 1.165) is 6.42 Å². The van der Waals surface area contributed by atoms with E-state index in [9.17, 15) is 14.4 Å². The molecule has 0 bridgehead atoms. The fourth-order valence-electron chi connectivity index (χ4n) is 4.47. The molecule has 220 valence electrons. The van der Waals surface area contributed by atoms with Gasteiger partial charge in [0.2, 0.25) is 0 Å². The van der Waals surface area contributed by atoms with Gasteiger partial charge >= 0.3 is 6.09 Å². The third-order valence-electron chi connectivity index (χ3n) is 6.43. The molecule has 0 unspecified atom stereocenters. The van der Waals surface area contributed by atoms with Crippen LogP contribution in [0.2, 0.25) is 0 Å². The van der Waals surface area contributed by atoms with Crippen LogP contribution in [-0.4, -0.2) is 89.1 Å². The number of nitrogens with zero attached hydrogens (tertiary/aromatic N) is 4. The van der Waals surface area contributed by atoms with E-state index in [2.05, 4.69) is 10.3 Å². The second-order valence-electron chi connectivity index (χ2n) is 12.9. The quantitative estimate of drug-likeness (QED) is 0.425. The number of carbonyl (C=O) groups is 3. The topological polar surface area (TPSA) is 114 Å². The number of hydrogen-bond donors (Lipinski definition) is 1. The van der Waals surface area contributed by atoms with Crippen LogP contribution in [0.3, 0.4) is 0 Å². The highest BCUT2D eigenvalue weighted by Crippen LogP contribution is 2.28. The molecule has 0 spiro atoms. The molecule has 0 aromatic carbocycles. The monoisotopic (exact) mass is 547 g/mol. The molecule has 10 nitrogen and oxygen atoms in total. The van der Waals surface area contributed by atoms with Gasteiger partial charge in [0.15, 0.2) is 0 Å². The van der Waals surface area contributed by atoms with Crippen LogP contribution in [0.15, 0.2) is 6.20 Å². The Morgan fingerprint density at radius 3 is 2.36 bits per heavy atom. The predicted molar refractivity (Wildman–Crippen MR) is 152 cm³/mol. The van der Waals surface area contributed by atoms with Gasteiger partial charge in [-0.3, -0.25) is 9.59 Å². The number of rotatable bonds is 10. The Kier molecular flexibility index (Phi) is 11.3. The molecule has 1 N–H and O–H groups in total. The van der Waals surface area contributed by atoms with Crippen molar-refractivity contribution in [1.29, 1.82) is 0 Å². The van der Waals surface area contributed by atoms with Gasteiger partial charge in [-0.25, -0.2) is 14.8 Å². The molecule has 1 aliphatic rings. The molecule has 39 heavy (non-hydrogen) atoms. The van der Waals surface area contributed by atoms with Gasteiger partial charge in [-0.05, 0) is 46.5 Å². The zero-order chi connectivity index (χ0) is 29.5. The zero-order valence-corrected chi connectivity index (χ0v) is 25.6. The first-order chi connectivity index (χ1) is 18.0. The number of nitrogens with one attached hydrogen (secondary N) is 1. The van der Waals surface area contributed by atoms with Crippen molar-refractivity contribution in [3.8, 4) is 0 Å². The minimum atomic E-state index is -0.668. The summed E-state index contributed by atoms with van der Waals surface area (Å²) in [7, 11) is 1.65. The molecule has 1 fully saturated rings. The lowest BCUT2D eigenvalue weighted by molar-refractivity contribution is -0.123. The molecule has 1 saturated heterocycles. The molecule has 1 aliphatic heterocycles. The molecule has 0 saturated carbocycles. The smallest absolute Gasteiger partial charge is 0.410 e. The van der Waals surface area contributed by atoms with Crippen LogP contribution in [0.5, 0.6) is 0 Å². The Morgan fingerprint density at radius 1 is 1.15 bits per heavy atom. The van der Waals surface area contributed by atoms with Gasteiger partial charge in [0.05, 0.1) is 6.04 Å². The molecule has 10 heteroatoms. The minimum Gasteiger partial charge on any atom is -0.444 e. The second-order valence-corrected chi connectivity index (χ2v) is 12.9. The van der Waals surface area contributed by atoms with Crippen molar-refractivity contribution in [3.05, 3.63) is 17.6 Å². The number of ketones is 1. The second kappa shape index (κ2) is 13.5. The number of Topliss-reactive ketones (excluding diaryl/α,β-unsaturated/α-hetero) is 1. The molecular formula is C29H49N5O5. The Bertz CT molecular complexity index is 999. The van der Waals surface area contributed by atoms with E-state index in [1.807, 2.05) is 55.4 Å². The van der Waals surface area contributed by atoms with Gasteiger partial charge in [-0.1, -0.05) is 34.6 Å². The van der Waals surface area contributed by atoms with Crippen LogP contribution < -0.4 is 5.32 Å². The van der Waals surface area contributed by atoms with E-state index in [1.54, 1.807) is 23.1 Å². The highest BCUT2D eigenvalue weighted by molar-refractivity contribution is 5.98. The Balaban J connectivity index is 2.47. The summed E-state index contributed by atoms with van der Waals surface area (Å²) < 4.78 is 10.8.